The first-order valence-corrected chi connectivity index (χ1v) is 15.2. The Balaban J connectivity index is 1.46. The fourth-order valence-electron chi connectivity index (χ4n) is 4.86. The average molecular weight is 618 g/mol. The first-order valence-electron chi connectivity index (χ1n) is 13.6. The third kappa shape index (κ3) is 6.60. The average Bonchev–Trinajstić information content (AvgIpc) is 3.49. The number of amides is 1. The quantitative estimate of drug-likeness (QED) is 0.142. The molecule has 5 nitrogen and oxygen atoms in total. The van der Waals surface area contributed by atoms with E-state index in [2.05, 4.69) is 56.9 Å². The number of hydrogen-bond acceptors (Lipinski definition) is 4. The standard InChI is InChI=1S/C33H33BrN2O3S/c1-3-38-29-16-15-24(19-30(29)39-4-2)17-18-35(22-25-11-7-5-8-12-25)33(37)28-20-31-27(21-32(34)40-31)36(28)23-26-13-9-6-10-14-26/h5-16,19-21H,3-4,17-18,22-23H2,1-2H3. The van der Waals surface area contributed by atoms with Gasteiger partial charge in [0.2, 0.25) is 0 Å². The molecule has 0 atom stereocenters. The Morgan fingerprint density at radius 3 is 2.20 bits per heavy atom. The first kappa shape index (κ1) is 28.0. The summed E-state index contributed by atoms with van der Waals surface area (Å²) < 4.78 is 15.9. The number of carbonyl (C=O) groups excluding carboxylic acids is 1. The van der Waals surface area contributed by atoms with Crippen molar-refractivity contribution in [2.24, 2.45) is 0 Å². The zero-order chi connectivity index (χ0) is 27.9. The van der Waals surface area contributed by atoms with Gasteiger partial charge in [-0.2, -0.15) is 0 Å². The largest absolute Gasteiger partial charge is 0.490 e. The smallest absolute Gasteiger partial charge is 0.270 e. The number of thiophene rings is 1. The van der Waals surface area contributed by atoms with E-state index in [1.54, 1.807) is 11.3 Å². The third-order valence-corrected chi connectivity index (χ3v) is 8.32. The molecule has 3 aromatic carbocycles. The Labute approximate surface area is 248 Å². The molecule has 0 N–H and O–H groups in total. The Morgan fingerprint density at radius 1 is 0.825 bits per heavy atom. The van der Waals surface area contributed by atoms with Crippen LogP contribution in [0.3, 0.4) is 0 Å². The van der Waals surface area contributed by atoms with Gasteiger partial charge >= 0.3 is 0 Å². The van der Waals surface area contributed by atoms with Crippen molar-refractivity contribution in [3.05, 3.63) is 117 Å². The van der Waals surface area contributed by atoms with Crippen molar-refractivity contribution in [3.63, 3.8) is 0 Å². The van der Waals surface area contributed by atoms with E-state index < -0.39 is 0 Å². The molecular formula is C33H33BrN2O3S. The van der Waals surface area contributed by atoms with Crippen LogP contribution in [-0.4, -0.2) is 35.1 Å². The van der Waals surface area contributed by atoms with Gasteiger partial charge in [-0.05, 0) is 77.2 Å². The highest BCUT2D eigenvalue weighted by Crippen LogP contribution is 2.34. The van der Waals surface area contributed by atoms with Crippen LogP contribution in [0.4, 0.5) is 0 Å². The van der Waals surface area contributed by atoms with Gasteiger partial charge in [0.25, 0.3) is 5.91 Å². The minimum Gasteiger partial charge on any atom is -0.490 e. The summed E-state index contributed by atoms with van der Waals surface area (Å²) in [4.78, 5) is 16.3. The number of carbonyl (C=O) groups is 1. The summed E-state index contributed by atoms with van der Waals surface area (Å²) in [5.74, 6) is 1.51. The van der Waals surface area contributed by atoms with Gasteiger partial charge in [-0.3, -0.25) is 4.79 Å². The van der Waals surface area contributed by atoms with Gasteiger partial charge in [0.05, 0.1) is 27.2 Å². The molecule has 0 fully saturated rings. The SMILES string of the molecule is CCOc1ccc(CCN(Cc2ccccc2)C(=O)c2cc3sc(Br)cc3n2Cc2ccccc2)cc1OCC. The number of fused-ring (bicyclic) bond motifs is 1. The lowest BCUT2D eigenvalue weighted by molar-refractivity contribution is 0.0735. The van der Waals surface area contributed by atoms with Crippen LogP contribution in [0, 0.1) is 0 Å². The fraction of sp³-hybridized carbons (Fsp3) is 0.242. The van der Waals surface area contributed by atoms with Crippen molar-refractivity contribution in [1.29, 1.82) is 0 Å². The number of benzene rings is 3. The highest BCUT2D eigenvalue weighted by atomic mass is 79.9. The van der Waals surface area contributed by atoms with E-state index in [-0.39, 0.29) is 5.91 Å². The summed E-state index contributed by atoms with van der Waals surface area (Å²) in [6.45, 7) is 6.81. The number of rotatable bonds is 12. The second-order valence-corrected chi connectivity index (χ2v) is 12.0. The molecule has 0 bridgehead atoms. The maximum Gasteiger partial charge on any atom is 0.270 e. The summed E-state index contributed by atoms with van der Waals surface area (Å²) in [5.41, 5.74) is 5.13. The molecule has 5 aromatic rings. The summed E-state index contributed by atoms with van der Waals surface area (Å²) >= 11 is 5.28. The van der Waals surface area contributed by atoms with Crippen LogP contribution >= 0.6 is 27.3 Å². The van der Waals surface area contributed by atoms with Crippen molar-refractivity contribution in [2.45, 2.75) is 33.4 Å². The van der Waals surface area contributed by atoms with Crippen LogP contribution in [0.25, 0.3) is 10.2 Å². The van der Waals surface area contributed by atoms with Gasteiger partial charge in [-0.1, -0.05) is 66.7 Å². The van der Waals surface area contributed by atoms with E-state index in [1.165, 1.54) is 0 Å². The zero-order valence-corrected chi connectivity index (χ0v) is 25.2. The van der Waals surface area contributed by atoms with Crippen LogP contribution in [0.15, 0.2) is 94.8 Å². The molecule has 0 spiro atoms. The Kier molecular flexibility index (Phi) is 9.24. The molecule has 7 heteroatoms. The van der Waals surface area contributed by atoms with Gasteiger partial charge < -0.3 is 18.9 Å². The molecule has 1 amide bonds. The minimum atomic E-state index is 0.0234. The predicted molar refractivity (Wildman–Crippen MR) is 167 cm³/mol. The maximum atomic E-state index is 14.3. The van der Waals surface area contributed by atoms with E-state index in [0.29, 0.717) is 45.0 Å². The lowest BCUT2D eigenvalue weighted by Gasteiger charge is -2.24. The zero-order valence-electron chi connectivity index (χ0n) is 22.8. The fourth-order valence-corrected chi connectivity index (χ4v) is 6.42. The van der Waals surface area contributed by atoms with Gasteiger partial charge in [0, 0.05) is 19.6 Å². The molecule has 206 valence electrons. The summed E-state index contributed by atoms with van der Waals surface area (Å²) in [5, 5.41) is 0. The van der Waals surface area contributed by atoms with Crippen molar-refractivity contribution in [2.75, 3.05) is 19.8 Å². The van der Waals surface area contributed by atoms with E-state index in [4.69, 9.17) is 9.47 Å². The van der Waals surface area contributed by atoms with Crippen LogP contribution in [-0.2, 0) is 19.5 Å². The number of hydrogen-bond donors (Lipinski definition) is 0. The summed E-state index contributed by atoms with van der Waals surface area (Å²) in [7, 11) is 0. The number of nitrogens with zero attached hydrogens (tertiary/aromatic N) is 2. The van der Waals surface area contributed by atoms with E-state index in [1.807, 2.05) is 73.3 Å². The van der Waals surface area contributed by atoms with Gasteiger partial charge in [-0.15, -0.1) is 11.3 Å². The summed E-state index contributed by atoms with van der Waals surface area (Å²) in [6, 6.07) is 30.7. The third-order valence-electron chi connectivity index (χ3n) is 6.74. The molecule has 40 heavy (non-hydrogen) atoms. The van der Waals surface area contributed by atoms with Gasteiger partial charge in [0.1, 0.15) is 5.69 Å². The monoisotopic (exact) mass is 616 g/mol. The molecule has 0 saturated carbocycles. The second kappa shape index (κ2) is 13.2. The molecule has 0 aliphatic heterocycles. The van der Waals surface area contributed by atoms with Crippen molar-refractivity contribution in [3.8, 4) is 11.5 Å². The topological polar surface area (TPSA) is 43.7 Å². The number of aromatic nitrogens is 1. The Bertz CT molecular complexity index is 1560. The lowest BCUT2D eigenvalue weighted by atomic mass is 10.1. The molecule has 2 aromatic heterocycles. The Morgan fingerprint density at radius 2 is 1.50 bits per heavy atom. The Hall–Kier alpha value is -3.55. The summed E-state index contributed by atoms with van der Waals surface area (Å²) in [6.07, 6.45) is 0.699. The van der Waals surface area contributed by atoms with Crippen LogP contribution < -0.4 is 9.47 Å². The molecule has 2 heterocycles. The maximum absolute atomic E-state index is 14.3. The van der Waals surface area contributed by atoms with Crippen molar-refractivity contribution >= 4 is 43.4 Å². The number of halogens is 1. The van der Waals surface area contributed by atoms with Crippen LogP contribution in [0.1, 0.15) is 41.0 Å². The highest BCUT2D eigenvalue weighted by molar-refractivity contribution is 9.11. The van der Waals surface area contributed by atoms with Crippen molar-refractivity contribution < 1.29 is 14.3 Å². The van der Waals surface area contributed by atoms with E-state index in [0.717, 1.165) is 42.2 Å². The van der Waals surface area contributed by atoms with Gasteiger partial charge in [-0.25, -0.2) is 0 Å². The normalized spacial score (nSPS) is 11.1. The predicted octanol–water partition coefficient (Wildman–Crippen LogP) is 8.20. The van der Waals surface area contributed by atoms with Gasteiger partial charge in [0.15, 0.2) is 11.5 Å². The molecule has 0 unspecified atom stereocenters. The first-order chi connectivity index (χ1) is 19.6. The molecule has 5 rings (SSSR count). The second-order valence-electron chi connectivity index (χ2n) is 9.51. The minimum absolute atomic E-state index is 0.0234. The molecule has 0 aliphatic carbocycles. The molecule has 0 saturated heterocycles. The van der Waals surface area contributed by atoms with E-state index in [9.17, 15) is 4.79 Å². The van der Waals surface area contributed by atoms with E-state index >= 15 is 0 Å². The molecule has 0 radical (unpaired) electrons. The molecule has 0 aliphatic rings. The number of ether oxygens (including phenoxy) is 2. The molecular weight excluding hydrogens is 584 g/mol. The highest BCUT2D eigenvalue weighted by Gasteiger charge is 2.23. The van der Waals surface area contributed by atoms with Crippen LogP contribution in [0.2, 0.25) is 0 Å². The lowest BCUT2D eigenvalue weighted by Crippen LogP contribution is -2.34. The van der Waals surface area contributed by atoms with Crippen molar-refractivity contribution in [1.82, 2.24) is 9.47 Å². The van der Waals surface area contributed by atoms with Crippen LogP contribution in [0.5, 0.6) is 11.5 Å².